The maximum Gasteiger partial charge on any atom is 0.328 e. The molecule has 9 heteroatoms. The fourth-order valence-corrected chi connectivity index (χ4v) is 3.35. The molecule has 2 aromatic carbocycles. The fraction of sp³-hybridized carbons (Fsp3) is 0.105. The molecule has 0 bridgehead atoms. The summed E-state index contributed by atoms with van der Waals surface area (Å²) in [7, 11) is 0. The molecule has 0 unspecified atom stereocenters. The minimum atomic E-state index is -0.404. The first-order valence-corrected chi connectivity index (χ1v) is 9.09. The van der Waals surface area contributed by atoms with Crippen molar-refractivity contribution in [3.8, 4) is 22.6 Å². The SMILES string of the molecule is N#Cc1ccc2c(c1)N(C(=O)Nc1ncc(Oc3cccc(F)c3)s1)CCO2. The molecule has 1 aromatic heterocycles. The van der Waals surface area contributed by atoms with Gasteiger partial charge >= 0.3 is 6.03 Å². The van der Waals surface area contributed by atoms with E-state index in [4.69, 9.17) is 14.7 Å². The summed E-state index contributed by atoms with van der Waals surface area (Å²) in [6.45, 7) is 0.684. The first-order valence-electron chi connectivity index (χ1n) is 8.27. The van der Waals surface area contributed by atoms with Crippen molar-refractivity contribution in [2.75, 3.05) is 23.4 Å². The van der Waals surface area contributed by atoms with Crippen LogP contribution in [0.5, 0.6) is 16.6 Å². The number of nitrogens with one attached hydrogen (secondary N) is 1. The molecule has 0 atom stereocenters. The van der Waals surface area contributed by atoms with Crippen LogP contribution < -0.4 is 19.7 Å². The Labute approximate surface area is 163 Å². The van der Waals surface area contributed by atoms with E-state index in [1.165, 1.54) is 23.2 Å². The van der Waals surface area contributed by atoms with Gasteiger partial charge in [-0.25, -0.2) is 14.2 Å². The average molecular weight is 396 g/mol. The first kappa shape index (κ1) is 17.8. The van der Waals surface area contributed by atoms with E-state index < -0.39 is 11.8 Å². The van der Waals surface area contributed by atoms with Gasteiger partial charge in [0.15, 0.2) is 5.13 Å². The number of fused-ring (bicyclic) bond motifs is 1. The summed E-state index contributed by atoms with van der Waals surface area (Å²) in [5.74, 6) is 0.473. The zero-order chi connectivity index (χ0) is 19.5. The number of aromatic nitrogens is 1. The van der Waals surface area contributed by atoms with Gasteiger partial charge in [0.2, 0.25) is 5.06 Å². The zero-order valence-corrected chi connectivity index (χ0v) is 15.2. The Morgan fingerprint density at radius 3 is 3.07 bits per heavy atom. The molecule has 4 rings (SSSR count). The average Bonchev–Trinajstić information content (AvgIpc) is 3.13. The highest BCUT2D eigenvalue weighted by atomic mass is 32.1. The molecule has 0 fully saturated rings. The highest BCUT2D eigenvalue weighted by Crippen LogP contribution is 2.34. The number of urea groups is 1. The first-order chi connectivity index (χ1) is 13.6. The molecule has 1 aliphatic heterocycles. The van der Waals surface area contributed by atoms with Crippen molar-refractivity contribution in [3.63, 3.8) is 0 Å². The number of hydrogen-bond acceptors (Lipinski definition) is 6. The monoisotopic (exact) mass is 396 g/mol. The van der Waals surface area contributed by atoms with Gasteiger partial charge in [-0.3, -0.25) is 10.2 Å². The topological polar surface area (TPSA) is 87.5 Å². The van der Waals surface area contributed by atoms with E-state index in [1.807, 2.05) is 6.07 Å². The van der Waals surface area contributed by atoms with Crippen molar-refractivity contribution < 1.29 is 18.7 Å². The van der Waals surface area contributed by atoms with Crippen LogP contribution in [0.2, 0.25) is 0 Å². The number of amides is 2. The quantitative estimate of drug-likeness (QED) is 0.710. The van der Waals surface area contributed by atoms with Crippen molar-refractivity contribution >= 4 is 28.2 Å². The van der Waals surface area contributed by atoms with Crippen molar-refractivity contribution in [1.29, 1.82) is 5.26 Å². The molecular weight excluding hydrogens is 383 g/mol. The smallest absolute Gasteiger partial charge is 0.328 e. The standard InChI is InChI=1S/C19H13FN4O3S/c20-13-2-1-3-14(9-13)27-17-11-22-18(28-17)23-19(25)24-6-7-26-16-5-4-12(10-21)8-15(16)24/h1-5,8-9,11H,6-7H2,(H,22,23,25). The highest BCUT2D eigenvalue weighted by molar-refractivity contribution is 7.17. The summed E-state index contributed by atoms with van der Waals surface area (Å²) in [4.78, 5) is 18.3. The van der Waals surface area contributed by atoms with E-state index in [-0.39, 0.29) is 0 Å². The Kier molecular flexibility index (Phi) is 4.78. The second-order valence-corrected chi connectivity index (χ2v) is 6.76. The number of carbonyl (C=O) groups excluding carboxylic acids is 1. The predicted octanol–water partition coefficient (Wildman–Crippen LogP) is 4.38. The van der Waals surface area contributed by atoms with Gasteiger partial charge in [0.25, 0.3) is 0 Å². The fourth-order valence-electron chi connectivity index (χ4n) is 2.67. The number of benzene rings is 2. The molecule has 0 radical (unpaired) electrons. The van der Waals surface area contributed by atoms with Gasteiger partial charge in [0.05, 0.1) is 30.1 Å². The molecule has 0 spiro atoms. The molecule has 0 aliphatic carbocycles. The molecule has 140 valence electrons. The Morgan fingerprint density at radius 2 is 2.25 bits per heavy atom. The van der Waals surface area contributed by atoms with Gasteiger partial charge in [-0.15, -0.1) is 0 Å². The van der Waals surface area contributed by atoms with Crippen LogP contribution in [0.1, 0.15) is 5.56 Å². The van der Waals surface area contributed by atoms with E-state index in [9.17, 15) is 9.18 Å². The lowest BCUT2D eigenvalue weighted by molar-refractivity contribution is 0.250. The van der Waals surface area contributed by atoms with Crippen LogP contribution in [-0.4, -0.2) is 24.2 Å². The van der Waals surface area contributed by atoms with Crippen molar-refractivity contribution in [2.24, 2.45) is 0 Å². The van der Waals surface area contributed by atoms with Gasteiger partial charge in [-0.05, 0) is 30.3 Å². The van der Waals surface area contributed by atoms with Crippen LogP contribution in [-0.2, 0) is 0 Å². The summed E-state index contributed by atoms with van der Waals surface area (Å²) in [6, 6.07) is 12.3. The van der Waals surface area contributed by atoms with Crippen LogP contribution in [0.3, 0.4) is 0 Å². The minimum absolute atomic E-state index is 0.334. The normalized spacial score (nSPS) is 12.5. The lowest BCUT2D eigenvalue weighted by atomic mass is 10.1. The van der Waals surface area contributed by atoms with Gasteiger partial charge in [0, 0.05) is 6.07 Å². The summed E-state index contributed by atoms with van der Waals surface area (Å²) in [5, 5.41) is 12.5. The Morgan fingerprint density at radius 1 is 1.36 bits per heavy atom. The molecule has 1 N–H and O–H groups in total. The Balaban J connectivity index is 1.48. The van der Waals surface area contributed by atoms with E-state index in [1.54, 1.807) is 30.3 Å². The number of thiazole rings is 1. The number of rotatable bonds is 3. The van der Waals surface area contributed by atoms with E-state index in [0.717, 1.165) is 11.3 Å². The van der Waals surface area contributed by atoms with E-state index in [2.05, 4.69) is 10.3 Å². The Bertz CT molecular complexity index is 1080. The zero-order valence-electron chi connectivity index (χ0n) is 14.4. The number of carbonyl (C=O) groups is 1. The minimum Gasteiger partial charge on any atom is -0.490 e. The van der Waals surface area contributed by atoms with Crippen LogP contribution in [0.25, 0.3) is 0 Å². The van der Waals surface area contributed by atoms with E-state index >= 15 is 0 Å². The number of anilines is 2. The van der Waals surface area contributed by atoms with Crippen LogP contribution >= 0.6 is 11.3 Å². The summed E-state index contributed by atoms with van der Waals surface area (Å²) in [6.07, 6.45) is 1.45. The van der Waals surface area contributed by atoms with Crippen molar-refractivity contribution in [1.82, 2.24) is 4.98 Å². The number of hydrogen-bond donors (Lipinski definition) is 1. The summed E-state index contributed by atoms with van der Waals surface area (Å²) < 4.78 is 24.3. The van der Waals surface area contributed by atoms with Gasteiger partial charge in [-0.2, -0.15) is 5.26 Å². The van der Waals surface area contributed by atoms with Crippen LogP contribution in [0.4, 0.5) is 20.0 Å². The molecule has 0 saturated carbocycles. The summed E-state index contributed by atoms with van der Waals surface area (Å²) >= 11 is 1.12. The number of nitrogens with zero attached hydrogens (tertiary/aromatic N) is 3. The van der Waals surface area contributed by atoms with Gasteiger partial charge in [-0.1, -0.05) is 17.4 Å². The predicted molar refractivity (Wildman–Crippen MR) is 102 cm³/mol. The molecule has 2 heterocycles. The third-order valence-corrected chi connectivity index (χ3v) is 4.70. The molecule has 7 nitrogen and oxygen atoms in total. The summed E-state index contributed by atoms with van der Waals surface area (Å²) in [5.41, 5.74) is 0.956. The Hall–Kier alpha value is -3.64. The van der Waals surface area contributed by atoms with E-state index in [0.29, 0.717) is 46.1 Å². The second-order valence-electron chi connectivity index (χ2n) is 5.77. The molecule has 1 aliphatic rings. The number of nitriles is 1. The third-order valence-electron chi connectivity index (χ3n) is 3.91. The lowest BCUT2D eigenvalue weighted by Crippen LogP contribution is -2.40. The van der Waals surface area contributed by atoms with Crippen molar-refractivity contribution in [3.05, 3.63) is 60.0 Å². The van der Waals surface area contributed by atoms with Gasteiger partial charge in [0.1, 0.15) is 23.9 Å². The third kappa shape index (κ3) is 3.72. The maximum absolute atomic E-state index is 13.2. The van der Waals surface area contributed by atoms with Crippen LogP contribution in [0.15, 0.2) is 48.7 Å². The molecule has 2 amide bonds. The molecule has 28 heavy (non-hydrogen) atoms. The largest absolute Gasteiger partial charge is 0.490 e. The molecule has 0 saturated heterocycles. The lowest BCUT2D eigenvalue weighted by Gasteiger charge is -2.29. The van der Waals surface area contributed by atoms with Gasteiger partial charge < -0.3 is 9.47 Å². The highest BCUT2D eigenvalue weighted by Gasteiger charge is 2.25. The number of ether oxygens (including phenoxy) is 2. The molecular formula is C19H13FN4O3S. The molecule has 3 aromatic rings. The second kappa shape index (κ2) is 7.54. The van der Waals surface area contributed by atoms with Crippen molar-refractivity contribution in [2.45, 2.75) is 0 Å². The maximum atomic E-state index is 13.2. The number of halogens is 1. The van der Waals surface area contributed by atoms with Crippen LogP contribution in [0, 0.1) is 17.1 Å².